The van der Waals surface area contributed by atoms with E-state index in [1.54, 1.807) is 12.1 Å². The summed E-state index contributed by atoms with van der Waals surface area (Å²) in [5.41, 5.74) is 1.18. The first-order chi connectivity index (χ1) is 11.7. The summed E-state index contributed by atoms with van der Waals surface area (Å²) < 4.78 is 0. The molecule has 0 aliphatic heterocycles. The van der Waals surface area contributed by atoms with E-state index >= 15 is 0 Å². The Kier molecular flexibility index (Phi) is 5.72. The Morgan fingerprint density at radius 1 is 1.28 bits per heavy atom. The largest absolute Gasteiger partial charge is 0.511 e. The first-order valence-electron chi connectivity index (χ1n) is 8.51. The summed E-state index contributed by atoms with van der Waals surface area (Å²) >= 11 is 0. The van der Waals surface area contributed by atoms with E-state index < -0.39 is 4.92 Å². The summed E-state index contributed by atoms with van der Waals surface area (Å²) in [5, 5.41) is 21.2. The molecule has 1 fully saturated rings. The van der Waals surface area contributed by atoms with Crippen molar-refractivity contribution in [2.24, 2.45) is 10.4 Å². The van der Waals surface area contributed by atoms with Gasteiger partial charge in [0.05, 0.1) is 21.9 Å². The normalized spacial score (nSPS) is 20.6. The number of benzene rings is 1. The highest BCUT2D eigenvalue weighted by atomic mass is 16.6. The molecule has 1 N–H and O–H groups in total. The Bertz CT molecular complexity index is 730. The minimum absolute atomic E-state index is 0.00874. The highest BCUT2D eigenvalue weighted by Crippen LogP contribution is 2.37. The monoisotopic (exact) mass is 344 g/mol. The Morgan fingerprint density at radius 3 is 2.48 bits per heavy atom. The molecule has 2 rings (SSSR count). The maximum Gasteiger partial charge on any atom is 0.269 e. The van der Waals surface area contributed by atoms with Crippen molar-refractivity contribution >= 4 is 22.9 Å². The minimum Gasteiger partial charge on any atom is -0.511 e. The summed E-state index contributed by atoms with van der Waals surface area (Å²) in [6.07, 6.45) is 3.12. The predicted octanol–water partition coefficient (Wildman–Crippen LogP) is 5.06. The lowest BCUT2D eigenvalue weighted by Gasteiger charge is -2.31. The number of aliphatic imine (C=N–C) groups is 1. The molecule has 0 unspecified atom stereocenters. The van der Waals surface area contributed by atoms with Crippen LogP contribution in [0.4, 0.5) is 11.4 Å². The number of ketones is 1. The third-order valence-corrected chi connectivity index (χ3v) is 4.23. The lowest BCUT2D eigenvalue weighted by molar-refractivity contribution is -0.384. The molecule has 0 spiro atoms. The zero-order chi connectivity index (χ0) is 18.6. The highest BCUT2D eigenvalue weighted by molar-refractivity contribution is 6.25. The molecule has 1 aliphatic rings. The standard InChI is InChI=1S/C19H24N2O4/c1-4-5-6-16(22)18-15(11-19(2,3)12-17(18)23)20-13-7-9-14(10-8-13)21(24)25/h7-10,22H,4-6,11-12H2,1-3H3. The van der Waals surface area contributed by atoms with Gasteiger partial charge in [-0.1, -0.05) is 27.2 Å². The molecule has 0 radical (unpaired) electrons. The Balaban J connectivity index is 2.43. The van der Waals surface area contributed by atoms with Crippen LogP contribution in [0.3, 0.4) is 0 Å². The zero-order valence-corrected chi connectivity index (χ0v) is 14.9. The minimum atomic E-state index is -0.466. The molecule has 1 saturated carbocycles. The number of non-ortho nitro benzene ring substituents is 1. The summed E-state index contributed by atoms with van der Waals surface area (Å²) in [6.45, 7) is 6.02. The van der Waals surface area contributed by atoms with E-state index in [9.17, 15) is 20.0 Å². The molecule has 0 atom stereocenters. The number of nitrogens with zero attached hydrogens (tertiary/aromatic N) is 2. The second-order valence-corrected chi connectivity index (χ2v) is 7.20. The molecule has 0 amide bonds. The van der Waals surface area contributed by atoms with Crippen LogP contribution in [0.2, 0.25) is 0 Å². The van der Waals surface area contributed by atoms with Gasteiger partial charge in [0.2, 0.25) is 0 Å². The van der Waals surface area contributed by atoms with Crippen molar-refractivity contribution in [3.63, 3.8) is 0 Å². The molecule has 1 aromatic rings. The summed E-state index contributed by atoms with van der Waals surface area (Å²) in [5.74, 6) is 0.00789. The fraction of sp³-hybridized carbons (Fsp3) is 0.474. The fourth-order valence-corrected chi connectivity index (χ4v) is 2.99. The summed E-state index contributed by atoms with van der Waals surface area (Å²) in [7, 11) is 0. The van der Waals surface area contributed by atoms with Crippen molar-refractivity contribution in [3.8, 4) is 0 Å². The lowest BCUT2D eigenvalue weighted by atomic mass is 9.73. The topological polar surface area (TPSA) is 92.8 Å². The molecule has 0 aromatic heterocycles. The number of rotatable bonds is 5. The maximum absolute atomic E-state index is 12.6. The van der Waals surface area contributed by atoms with Crippen molar-refractivity contribution in [3.05, 3.63) is 45.7 Å². The number of carbonyl (C=O) groups is 1. The number of aliphatic hydroxyl groups excluding tert-OH is 1. The highest BCUT2D eigenvalue weighted by Gasteiger charge is 2.36. The van der Waals surface area contributed by atoms with Gasteiger partial charge in [0.25, 0.3) is 5.69 Å². The predicted molar refractivity (Wildman–Crippen MR) is 97.4 cm³/mol. The molecule has 6 heteroatoms. The average Bonchev–Trinajstić information content (AvgIpc) is 2.51. The first-order valence-corrected chi connectivity index (χ1v) is 8.51. The summed E-state index contributed by atoms with van der Waals surface area (Å²) in [6, 6.07) is 5.88. The van der Waals surface area contributed by atoms with Crippen LogP contribution in [0.15, 0.2) is 40.6 Å². The number of carbonyl (C=O) groups excluding carboxylic acids is 1. The van der Waals surface area contributed by atoms with Gasteiger partial charge in [-0.2, -0.15) is 0 Å². The second-order valence-electron chi connectivity index (χ2n) is 7.20. The third-order valence-electron chi connectivity index (χ3n) is 4.23. The second kappa shape index (κ2) is 7.59. The quantitative estimate of drug-likeness (QED) is 0.350. The van der Waals surface area contributed by atoms with Gasteiger partial charge in [0.1, 0.15) is 5.76 Å². The van der Waals surface area contributed by atoms with Gasteiger partial charge in [0, 0.05) is 25.0 Å². The lowest BCUT2D eigenvalue weighted by Crippen LogP contribution is -2.32. The number of allylic oxidation sites excluding steroid dienone is 2. The fourth-order valence-electron chi connectivity index (χ4n) is 2.99. The van der Waals surface area contributed by atoms with Gasteiger partial charge >= 0.3 is 0 Å². The molecule has 0 saturated heterocycles. The Labute approximate surface area is 147 Å². The zero-order valence-electron chi connectivity index (χ0n) is 14.9. The van der Waals surface area contributed by atoms with E-state index in [1.807, 2.05) is 20.8 Å². The molecule has 25 heavy (non-hydrogen) atoms. The van der Waals surface area contributed by atoms with E-state index in [1.165, 1.54) is 12.1 Å². The molecular weight excluding hydrogens is 320 g/mol. The number of Topliss-reactive ketones (excluding diaryl/α,β-unsaturated/α-hetero) is 1. The van der Waals surface area contributed by atoms with Gasteiger partial charge in [-0.05, 0) is 30.4 Å². The average molecular weight is 344 g/mol. The van der Waals surface area contributed by atoms with E-state index in [4.69, 9.17) is 0 Å². The van der Waals surface area contributed by atoms with E-state index in [0.29, 0.717) is 36.2 Å². The van der Waals surface area contributed by atoms with E-state index in [0.717, 1.165) is 12.8 Å². The van der Waals surface area contributed by atoms with Crippen LogP contribution in [0.5, 0.6) is 0 Å². The van der Waals surface area contributed by atoms with Crippen molar-refractivity contribution < 1.29 is 14.8 Å². The Hall–Kier alpha value is -2.50. The van der Waals surface area contributed by atoms with Crippen molar-refractivity contribution in [2.75, 3.05) is 0 Å². The van der Waals surface area contributed by atoms with Gasteiger partial charge < -0.3 is 5.11 Å². The number of hydrogen-bond acceptors (Lipinski definition) is 5. The van der Waals surface area contributed by atoms with Gasteiger partial charge in [-0.3, -0.25) is 19.9 Å². The number of aliphatic hydroxyl groups is 1. The maximum atomic E-state index is 12.6. The smallest absolute Gasteiger partial charge is 0.269 e. The van der Waals surface area contributed by atoms with E-state index in [-0.39, 0.29) is 22.6 Å². The van der Waals surface area contributed by atoms with Crippen LogP contribution in [0.25, 0.3) is 0 Å². The van der Waals surface area contributed by atoms with Crippen molar-refractivity contribution in [1.82, 2.24) is 0 Å². The van der Waals surface area contributed by atoms with Crippen LogP contribution in [-0.2, 0) is 4.79 Å². The molecule has 6 nitrogen and oxygen atoms in total. The van der Waals surface area contributed by atoms with Gasteiger partial charge in [0.15, 0.2) is 5.78 Å². The van der Waals surface area contributed by atoms with Crippen LogP contribution < -0.4 is 0 Å². The molecular formula is C19H24N2O4. The SMILES string of the molecule is CCCCC(O)=C1C(=O)CC(C)(C)CC1=Nc1ccc([N+](=O)[O-])cc1. The molecule has 0 bridgehead atoms. The van der Waals surface area contributed by atoms with Crippen molar-refractivity contribution in [2.45, 2.75) is 52.9 Å². The third kappa shape index (κ3) is 4.75. The number of hydrogen-bond donors (Lipinski definition) is 1. The van der Waals surface area contributed by atoms with Crippen LogP contribution in [0, 0.1) is 15.5 Å². The van der Waals surface area contributed by atoms with Gasteiger partial charge in [-0.25, -0.2) is 0 Å². The number of nitro benzene ring substituents is 1. The number of nitro groups is 1. The molecule has 0 heterocycles. The van der Waals surface area contributed by atoms with Gasteiger partial charge in [-0.15, -0.1) is 0 Å². The first kappa shape index (κ1) is 18.8. The van der Waals surface area contributed by atoms with E-state index in [2.05, 4.69) is 4.99 Å². The van der Waals surface area contributed by atoms with Crippen LogP contribution in [-0.4, -0.2) is 21.5 Å². The molecule has 1 aliphatic carbocycles. The number of unbranched alkanes of at least 4 members (excludes halogenated alkanes) is 1. The Morgan fingerprint density at radius 2 is 1.92 bits per heavy atom. The summed E-state index contributed by atoms with van der Waals surface area (Å²) in [4.78, 5) is 27.4. The molecule has 134 valence electrons. The van der Waals surface area contributed by atoms with Crippen molar-refractivity contribution in [1.29, 1.82) is 0 Å². The molecule has 1 aromatic carbocycles. The van der Waals surface area contributed by atoms with Crippen LogP contribution in [0.1, 0.15) is 52.9 Å². The van der Waals surface area contributed by atoms with Crippen LogP contribution >= 0.6 is 0 Å².